The third kappa shape index (κ3) is 2.35. The molecule has 0 radical (unpaired) electrons. The summed E-state index contributed by atoms with van der Waals surface area (Å²) >= 11 is 0. The maximum absolute atomic E-state index is 13.1. The van der Waals surface area contributed by atoms with Gasteiger partial charge in [0, 0.05) is 11.6 Å². The van der Waals surface area contributed by atoms with E-state index in [-0.39, 0.29) is 5.82 Å². The van der Waals surface area contributed by atoms with Crippen molar-refractivity contribution >= 4 is 11.1 Å². The first-order valence-electron chi connectivity index (χ1n) is 6.12. The molecular weight excluding hydrogens is 243 g/mol. The van der Waals surface area contributed by atoms with E-state index in [1.54, 1.807) is 6.07 Å². The second-order valence-electron chi connectivity index (χ2n) is 4.37. The molecule has 3 nitrogen and oxygen atoms in total. The van der Waals surface area contributed by atoms with Crippen LogP contribution >= 0.6 is 0 Å². The normalized spacial score (nSPS) is 11.1. The van der Waals surface area contributed by atoms with Crippen molar-refractivity contribution in [2.45, 2.75) is 6.42 Å². The molecule has 2 N–H and O–H groups in total. The average molecular weight is 256 g/mol. The molecule has 0 aliphatic carbocycles. The molecule has 19 heavy (non-hydrogen) atoms. The van der Waals surface area contributed by atoms with Crippen LogP contribution in [0.4, 0.5) is 4.39 Å². The van der Waals surface area contributed by atoms with Gasteiger partial charge in [0.05, 0.1) is 0 Å². The molecule has 1 heterocycles. The smallest absolute Gasteiger partial charge is 0.227 e. The Bertz CT molecular complexity index is 704. The summed E-state index contributed by atoms with van der Waals surface area (Å²) in [6, 6.07) is 12.2. The van der Waals surface area contributed by atoms with Gasteiger partial charge in [-0.1, -0.05) is 12.1 Å². The van der Waals surface area contributed by atoms with Crippen molar-refractivity contribution in [2.75, 3.05) is 6.54 Å². The van der Waals surface area contributed by atoms with Gasteiger partial charge in [-0.2, -0.15) is 0 Å². The third-order valence-electron chi connectivity index (χ3n) is 2.98. The Labute approximate surface area is 109 Å². The average Bonchev–Trinajstić information content (AvgIpc) is 2.83. The van der Waals surface area contributed by atoms with Gasteiger partial charge in [-0.3, -0.25) is 0 Å². The summed E-state index contributed by atoms with van der Waals surface area (Å²) in [6.45, 7) is 0.626. The summed E-state index contributed by atoms with van der Waals surface area (Å²) in [5.41, 5.74) is 8.67. The predicted octanol–water partition coefficient (Wildman–Crippen LogP) is 3.14. The number of nitrogens with zero attached hydrogens (tertiary/aromatic N) is 1. The van der Waals surface area contributed by atoms with Gasteiger partial charge in [-0.15, -0.1) is 0 Å². The number of oxazole rings is 1. The van der Waals surface area contributed by atoms with Gasteiger partial charge in [-0.25, -0.2) is 9.37 Å². The zero-order chi connectivity index (χ0) is 13.2. The molecule has 96 valence electrons. The van der Waals surface area contributed by atoms with E-state index in [0.29, 0.717) is 23.5 Å². The highest BCUT2D eigenvalue weighted by Gasteiger charge is 2.08. The number of fused-ring (bicyclic) bond motifs is 1. The fourth-order valence-electron chi connectivity index (χ4n) is 2.00. The van der Waals surface area contributed by atoms with Crippen LogP contribution in [0.2, 0.25) is 0 Å². The standard InChI is InChI=1S/C15H13FN2O/c16-12-5-6-13-14(9-12)19-15(18-13)11-3-1-10(2-4-11)7-8-17/h1-6,9H,7-8,17H2. The summed E-state index contributed by atoms with van der Waals surface area (Å²) < 4.78 is 18.6. The second kappa shape index (κ2) is 4.82. The highest BCUT2D eigenvalue weighted by molar-refractivity contribution is 5.76. The van der Waals surface area contributed by atoms with Crippen molar-refractivity contribution < 1.29 is 8.81 Å². The molecule has 2 aromatic carbocycles. The SMILES string of the molecule is NCCc1ccc(-c2nc3ccc(F)cc3o2)cc1. The van der Waals surface area contributed by atoms with E-state index in [0.717, 1.165) is 12.0 Å². The summed E-state index contributed by atoms with van der Waals surface area (Å²) in [4.78, 5) is 4.34. The molecule has 3 rings (SSSR count). The lowest BCUT2D eigenvalue weighted by molar-refractivity contribution is 0.602. The Balaban J connectivity index is 1.99. The predicted molar refractivity (Wildman–Crippen MR) is 72.2 cm³/mol. The van der Waals surface area contributed by atoms with Crippen LogP contribution in [0, 0.1) is 5.82 Å². The molecular formula is C15H13FN2O. The number of benzene rings is 2. The van der Waals surface area contributed by atoms with Crippen molar-refractivity contribution in [1.29, 1.82) is 0 Å². The number of nitrogens with two attached hydrogens (primary N) is 1. The second-order valence-corrected chi connectivity index (χ2v) is 4.37. The Morgan fingerprint density at radius 2 is 1.89 bits per heavy atom. The van der Waals surface area contributed by atoms with Crippen LogP contribution in [0.5, 0.6) is 0 Å². The van der Waals surface area contributed by atoms with E-state index in [2.05, 4.69) is 4.98 Å². The molecule has 0 amide bonds. The van der Waals surface area contributed by atoms with E-state index < -0.39 is 0 Å². The molecule has 0 atom stereocenters. The monoisotopic (exact) mass is 256 g/mol. The molecule has 0 spiro atoms. The minimum absolute atomic E-state index is 0.325. The molecule has 1 aromatic heterocycles. The van der Waals surface area contributed by atoms with Crippen molar-refractivity contribution in [2.24, 2.45) is 5.73 Å². The number of aromatic nitrogens is 1. The van der Waals surface area contributed by atoms with Crippen LogP contribution in [0.25, 0.3) is 22.6 Å². The van der Waals surface area contributed by atoms with Crippen LogP contribution in [0.15, 0.2) is 46.9 Å². The first-order valence-corrected chi connectivity index (χ1v) is 6.12. The zero-order valence-electron chi connectivity index (χ0n) is 10.3. The Hall–Kier alpha value is -2.20. The van der Waals surface area contributed by atoms with Crippen molar-refractivity contribution in [3.05, 3.63) is 53.8 Å². The van der Waals surface area contributed by atoms with Gasteiger partial charge in [-0.05, 0) is 42.8 Å². The lowest BCUT2D eigenvalue weighted by Gasteiger charge is -1.99. The molecule has 0 fully saturated rings. The Morgan fingerprint density at radius 1 is 1.11 bits per heavy atom. The van der Waals surface area contributed by atoms with Crippen LogP contribution in [0.1, 0.15) is 5.56 Å². The van der Waals surface area contributed by atoms with Crippen molar-refractivity contribution in [3.8, 4) is 11.5 Å². The van der Waals surface area contributed by atoms with Crippen LogP contribution < -0.4 is 5.73 Å². The molecule has 0 saturated carbocycles. The van der Waals surface area contributed by atoms with Gasteiger partial charge in [0.2, 0.25) is 5.89 Å². The quantitative estimate of drug-likeness (QED) is 0.783. The first-order chi connectivity index (χ1) is 9.26. The summed E-state index contributed by atoms with van der Waals surface area (Å²) in [7, 11) is 0. The summed E-state index contributed by atoms with van der Waals surface area (Å²) in [6.07, 6.45) is 0.846. The van der Waals surface area contributed by atoms with Crippen LogP contribution in [0.3, 0.4) is 0 Å². The first kappa shape index (κ1) is 11.9. The van der Waals surface area contributed by atoms with E-state index in [4.69, 9.17) is 10.2 Å². The van der Waals surface area contributed by atoms with Crippen molar-refractivity contribution in [3.63, 3.8) is 0 Å². The van der Waals surface area contributed by atoms with Gasteiger partial charge >= 0.3 is 0 Å². The van der Waals surface area contributed by atoms with Gasteiger partial charge < -0.3 is 10.2 Å². The number of rotatable bonds is 3. The molecule has 0 saturated heterocycles. The molecule has 3 aromatic rings. The highest BCUT2D eigenvalue weighted by atomic mass is 19.1. The van der Waals surface area contributed by atoms with E-state index in [1.807, 2.05) is 24.3 Å². The fraction of sp³-hybridized carbons (Fsp3) is 0.133. The van der Waals surface area contributed by atoms with Gasteiger partial charge in [0.25, 0.3) is 0 Å². The lowest BCUT2D eigenvalue weighted by Crippen LogP contribution is -2.02. The zero-order valence-corrected chi connectivity index (χ0v) is 10.3. The fourth-order valence-corrected chi connectivity index (χ4v) is 2.00. The highest BCUT2D eigenvalue weighted by Crippen LogP contribution is 2.25. The van der Waals surface area contributed by atoms with E-state index in [1.165, 1.54) is 17.7 Å². The largest absolute Gasteiger partial charge is 0.436 e. The number of halogens is 1. The van der Waals surface area contributed by atoms with Gasteiger partial charge in [0.1, 0.15) is 11.3 Å². The minimum atomic E-state index is -0.325. The van der Waals surface area contributed by atoms with Crippen molar-refractivity contribution in [1.82, 2.24) is 4.98 Å². The maximum Gasteiger partial charge on any atom is 0.227 e. The molecule has 0 bridgehead atoms. The topological polar surface area (TPSA) is 52.0 Å². The summed E-state index contributed by atoms with van der Waals surface area (Å²) in [5.74, 6) is 0.174. The van der Waals surface area contributed by atoms with E-state index in [9.17, 15) is 4.39 Å². The number of hydrogen-bond donors (Lipinski definition) is 1. The maximum atomic E-state index is 13.1. The third-order valence-corrected chi connectivity index (χ3v) is 2.98. The molecule has 0 aliphatic rings. The number of hydrogen-bond acceptors (Lipinski definition) is 3. The molecule has 0 aliphatic heterocycles. The molecule has 4 heteroatoms. The van der Waals surface area contributed by atoms with Crippen LogP contribution in [-0.2, 0) is 6.42 Å². The minimum Gasteiger partial charge on any atom is -0.436 e. The lowest BCUT2D eigenvalue weighted by atomic mass is 10.1. The Kier molecular flexibility index (Phi) is 3.01. The van der Waals surface area contributed by atoms with E-state index >= 15 is 0 Å². The van der Waals surface area contributed by atoms with Gasteiger partial charge in [0.15, 0.2) is 5.58 Å². The summed E-state index contributed by atoms with van der Waals surface area (Å²) in [5, 5.41) is 0. The van der Waals surface area contributed by atoms with Crippen LogP contribution in [-0.4, -0.2) is 11.5 Å². The molecule has 0 unspecified atom stereocenters. The Morgan fingerprint density at radius 3 is 2.63 bits per heavy atom.